The monoisotopic (exact) mass is 403 g/mol. The lowest BCUT2D eigenvalue weighted by atomic mass is 9.96. The number of carbonyl (C=O) groups excluding carboxylic acids is 1. The van der Waals surface area contributed by atoms with Crippen LogP contribution in [0.15, 0.2) is 45.8 Å². The molecule has 9 nitrogen and oxygen atoms in total. The molecule has 0 saturated heterocycles. The summed E-state index contributed by atoms with van der Waals surface area (Å²) in [5.41, 5.74) is 11.0. The first-order chi connectivity index (χ1) is 13.1. The molecule has 0 atom stereocenters. The Morgan fingerprint density at radius 1 is 1.25 bits per heavy atom. The van der Waals surface area contributed by atoms with Crippen LogP contribution in [-0.2, 0) is 16.6 Å². The van der Waals surface area contributed by atoms with Crippen molar-refractivity contribution in [3.63, 3.8) is 0 Å². The van der Waals surface area contributed by atoms with Crippen molar-refractivity contribution in [2.75, 3.05) is 5.32 Å². The molecule has 0 aromatic heterocycles. The van der Waals surface area contributed by atoms with E-state index < -0.39 is 16.1 Å². The minimum Gasteiger partial charge on any atom is -0.507 e. The van der Waals surface area contributed by atoms with Crippen molar-refractivity contribution in [3.8, 4) is 5.75 Å². The zero-order valence-corrected chi connectivity index (χ0v) is 16.5. The normalized spacial score (nSPS) is 11.0. The first-order valence-corrected chi connectivity index (χ1v) is 9.86. The Morgan fingerprint density at radius 2 is 1.89 bits per heavy atom. The maximum absolute atomic E-state index is 12.1. The minimum atomic E-state index is -4.06. The third-order valence-electron chi connectivity index (χ3n) is 4.02. The molecule has 0 aliphatic rings. The number of anilines is 1. The molecule has 0 bridgehead atoms. The molecule has 148 valence electrons. The van der Waals surface area contributed by atoms with E-state index in [2.05, 4.69) is 20.1 Å². The number of aromatic hydroxyl groups is 1. The van der Waals surface area contributed by atoms with Gasteiger partial charge in [0.25, 0.3) is 10.0 Å². The van der Waals surface area contributed by atoms with Gasteiger partial charge in [-0.15, -0.1) is 0 Å². The van der Waals surface area contributed by atoms with Gasteiger partial charge < -0.3 is 15.7 Å². The van der Waals surface area contributed by atoms with E-state index in [1.54, 1.807) is 13.0 Å². The van der Waals surface area contributed by atoms with E-state index >= 15 is 0 Å². The Morgan fingerprint density at radius 3 is 2.46 bits per heavy atom. The van der Waals surface area contributed by atoms with Crippen LogP contribution in [0.2, 0.25) is 0 Å². The molecule has 0 fully saturated rings. The molecular weight excluding hydrogens is 382 g/mol. The summed E-state index contributed by atoms with van der Waals surface area (Å²) in [7, 11) is -4.06. The molecule has 0 unspecified atom stereocenters. The van der Waals surface area contributed by atoms with Crippen molar-refractivity contribution < 1.29 is 18.3 Å². The van der Waals surface area contributed by atoms with Gasteiger partial charge in [-0.1, -0.05) is 26.0 Å². The Kier molecular flexibility index (Phi) is 6.50. The summed E-state index contributed by atoms with van der Waals surface area (Å²) in [6, 6.07) is 8.43. The van der Waals surface area contributed by atoms with Crippen LogP contribution in [0, 0.1) is 6.92 Å². The Labute approximate surface area is 163 Å². The number of phenolic OH excluding ortho intramolecular Hbond substituents is 1. The number of amides is 2. The fourth-order valence-electron chi connectivity index (χ4n) is 2.59. The number of azide groups is 1. The van der Waals surface area contributed by atoms with Gasteiger partial charge in [0.2, 0.25) is 0 Å². The van der Waals surface area contributed by atoms with Crippen LogP contribution in [0.4, 0.5) is 10.5 Å². The number of aryl methyl sites for hydroxylation is 1. The zero-order chi connectivity index (χ0) is 20.9. The number of nitrogens with one attached hydrogen (secondary N) is 2. The maximum atomic E-state index is 12.1. The molecule has 0 radical (unpaired) electrons. The first-order valence-electron chi connectivity index (χ1n) is 8.42. The molecule has 0 heterocycles. The van der Waals surface area contributed by atoms with Crippen LogP contribution in [0.1, 0.15) is 36.5 Å². The van der Waals surface area contributed by atoms with E-state index in [4.69, 9.17) is 5.53 Å². The number of benzene rings is 2. The van der Waals surface area contributed by atoms with Gasteiger partial charge in [0, 0.05) is 21.7 Å². The molecular formula is C18H21N5O4S. The summed E-state index contributed by atoms with van der Waals surface area (Å²) in [4.78, 5) is 14.2. The predicted octanol–water partition coefficient (Wildman–Crippen LogP) is 4.14. The minimum absolute atomic E-state index is 0.146. The van der Waals surface area contributed by atoms with Gasteiger partial charge in [0.1, 0.15) is 5.75 Å². The molecule has 0 aliphatic carbocycles. The van der Waals surface area contributed by atoms with Crippen LogP contribution >= 0.6 is 0 Å². The molecule has 28 heavy (non-hydrogen) atoms. The van der Waals surface area contributed by atoms with Crippen LogP contribution in [0.25, 0.3) is 10.4 Å². The van der Waals surface area contributed by atoms with Gasteiger partial charge in [-0.2, -0.15) is 0 Å². The highest BCUT2D eigenvalue weighted by Crippen LogP contribution is 2.30. The van der Waals surface area contributed by atoms with Crippen molar-refractivity contribution in [2.45, 2.75) is 38.1 Å². The largest absolute Gasteiger partial charge is 0.507 e. The summed E-state index contributed by atoms with van der Waals surface area (Å²) in [6.07, 6.45) is 0. The second-order valence-corrected chi connectivity index (χ2v) is 8.07. The predicted molar refractivity (Wildman–Crippen MR) is 106 cm³/mol. The smallest absolute Gasteiger partial charge is 0.319 e. The number of urea groups is 1. The fraction of sp³-hybridized carbons (Fsp3) is 0.278. The molecule has 3 N–H and O–H groups in total. The van der Waals surface area contributed by atoms with Crippen molar-refractivity contribution >= 4 is 21.7 Å². The van der Waals surface area contributed by atoms with Gasteiger partial charge in [0.15, 0.2) is 0 Å². The molecule has 2 rings (SSSR count). The van der Waals surface area contributed by atoms with E-state index in [1.807, 2.05) is 19.9 Å². The van der Waals surface area contributed by atoms with E-state index in [0.717, 1.165) is 16.7 Å². The fourth-order valence-corrected chi connectivity index (χ4v) is 3.26. The molecule has 0 spiro atoms. The summed E-state index contributed by atoms with van der Waals surface area (Å²) < 4.78 is 26.0. The van der Waals surface area contributed by atoms with Crippen molar-refractivity contribution in [3.05, 3.63) is 63.5 Å². The number of phenols is 1. The van der Waals surface area contributed by atoms with E-state index in [0.29, 0.717) is 5.69 Å². The second kappa shape index (κ2) is 8.64. The Hall–Kier alpha value is -3.23. The third kappa shape index (κ3) is 5.15. The van der Waals surface area contributed by atoms with Crippen molar-refractivity contribution in [1.29, 1.82) is 0 Å². The highest BCUT2D eigenvalue weighted by Gasteiger charge is 2.13. The van der Waals surface area contributed by atoms with Gasteiger partial charge in [-0.05, 0) is 59.3 Å². The number of carbonyl (C=O) groups is 1. The highest BCUT2D eigenvalue weighted by atomic mass is 32.2. The average molecular weight is 403 g/mol. The number of nitrogens with zero attached hydrogens (tertiary/aromatic N) is 3. The van der Waals surface area contributed by atoms with Crippen LogP contribution < -0.4 is 10.6 Å². The zero-order valence-electron chi connectivity index (χ0n) is 15.7. The first kappa shape index (κ1) is 21.1. The van der Waals surface area contributed by atoms with Crippen molar-refractivity contribution in [2.24, 2.45) is 4.52 Å². The van der Waals surface area contributed by atoms with Crippen LogP contribution in [-0.4, -0.2) is 19.6 Å². The number of sulfonamides is 1. The van der Waals surface area contributed by atoms with Crippen LogP contribution in [0.5, 0.6) is 5.75 Å². The third-order valence-corrected chi connectivity index (χ3v) is 5.17. The van der Waals surface area contributed by atoms with Gasteiger partial charge in [-0.25, -0.2) is 13.2 Å². The second-order valence-electron chi connectivity index (χ2n) is 6.48. The van der Waals surface area contributed by atoms with Crippen molar-refractivity contribution in [1.82, 2.24) is 5.32 Å². The van der Waals surface area contributed by atoms with E-state index in [9.17, 15) is 18.3 Å². The lowest BCUT2D eigenvalue weighted by molar-refractivity contribution is 0.251. The maximum Gasteiger partial charge on any atom is 0.319 e. The highest BCUT2D eigenvalue weighted by molar-refractivity contribution is 7.90. The average Bonchev–Trinajstić information content (AvgIpc) is 2.62. The Bertz CT molecular complexity index is 1030. The molecule has 2 amide bonds. The van der Waals surface area contributed by atoms with E-state index in [1.165, 1.54) is 24.3 Å². The van der Waals surface area contributed by atoms with Gasteiger partial charge >= 0.3 is 6.03 Å². The summed E-state index contributed by atoms with van der Waals surface area (Å²) in [5.74, 6) is 0.409. The number of hydrogen-bond acceptors (Lipinski definition) is 4. The summed E-state index contributed by atoms with van der Waals surface area (Å²) in [5, 5.41) is 15.4. The molecule has 2 aromatic carbocycles. The van der Waals surface area contributed by atoms with E-state index in [-0.39, 0.29) is 23.1 Å². The van der Waals surface area contributed by atoms with Crippen LogP contribution in [0.3, 0.4) is 0 Å². The topological polar surface area (TPSA) is 144 Å². The lowest BCUT2D eigenvalue weighted by Gasteiger charge is -2.14. The molecule has 0 aliphatic heterocycles. The summed E-state index contributed by atoms with van der Waals surface area (Å²) in [6.45, 7) is 6.02. The number of hydrogen-bond donors (Lipinski definition) is 3. The quantitative estimate of drug-likeness (QED) is 0.378. The standard InChI is InChI=1S/C18H21N5O4S/c1-11(2)16-9-13(8-12(3)17(16)24)10-20-18(25)21-14-4-6-15(7-5-14)28(26,27)23-22-19/h4-9,11,24H,10H2,1-3H3,(H2,20,21,25). The molecule has 2 aromatic rings. The van der Waals surface area contributed by atoms with Gasteiger partial charge in [0.05, 0.1) is 4.90 Å². The molecule has 10 heteroatoms. The Balaban J connectivity index is 2.03. The molecule has 0 saturated carbocycles. The number of rotatable bonds is 6. The SMILES string of the molecule is Cc1cc(CNC(=O)Nc2ccc(S(=O)(=O)N=[N+]=[N-])cc2)cc(C(C)C)c1O. The van der Waals surface area contributed by atoms with Gasteiger partial charge in [-0.3, -0.25) is 0 Å². The summed E-state index contributed by atoms with van der Waals surface area (Å²) >= 11 is 0. The lowest BCUT2D eigenvalue weighted by Crippen LogP contribution is -2.28.